The molecule has 256 valence electrons. The van der Waals surface area contributed by atoms with Gasteiger partial charge in [-0.2, -0.15) is 13.2 Å². The largest absolute Gasteiger partial charge is 0.508 e. The van der Waals surface area contributed by atoms with E-state index in [2.05, 4.69) is 4.90 Å². The van der Waals surface area contributed by atoms with Crippen molar-refractivity contribution in [3.8, 4) is 5.75 Å². The number of rotatable bonds is 19. The molecule has 1 N–H and O–H groups in total. The maximum atomic E-state index is 13.7. The average molecular weight is 670 g/mol. The Bertz CT molecular complexity index is 1390. The van der Waals surface area contributed by atoms with Gasteiger partial charge in [-0.1, -0.05) is 31.0 Å². The number of hydrogen-bond donors (Lipinski definition) is 1. The number of hydrogen-bond acceptors (Lipinski definition) is 6. The van der Waals surface area contributed by atoms with Gasteiger partial charge in [-0.15, -0.1) is 0 Å². The molecular formula is C35H47F4NO5S. The van der Waals surface area contributed by atoms with E-state index in [9.17, 15) is 35.9 Å². The molecule has 1 aliphatic carbocycles. The van der Waals surface area contributed by atoms with Gasteiger partial charge >= 0.3 is 12.1 Å². The lowest BCUT2D eigenvalue weighted by Gasteiger charge is -2.22. The second-order valence-electron chi connectivity index (χ2n) is 12.1. The number of halogens is 4. The number of fused-ring (bicyclic) bond motifs is 1. The number of alkyl halides is 3. The Morgan fingerprint density at radius 1 is 0.891 bits per heavy atom. The minimum atomic E-state index is -4.36. The van der Waals surface area contributed by atoms with Gasteiger partial charge in [0.1, 0.15) is 21.4 Å². The van der Waals surface area contributed by atoms with Gasteiger partial charge < -0.3 is 14.7 Å². The Labute approximate surface area is 270 Å². The summed E-state index contributed by atoms with van der Waals surface area (Å²) in [4.78, 5) is 13.9. The Balaban J connectivity index is 1.52. The highest BCUT2D eigenvalue weighted by Gasteiger charge is 2.27. The molecule has 0 bridgehead atoms. The molecule has 0 spiro atoms. The highest BCUT2D eigenvalue weighted by Crippen LogP contribution is 2.39. The Morgan fingerprint density at radius 2 is 1.57 bits per heavy atom. The molecule has 1 aliphatic rings. The van der Waals surface area contributed by atoms with Gasteiger partial charge in [0.25, 0.3) is 0 Å². The number of allylic oxidation sites excluding steroid dienone is 2. The van der Waals surface area contributed by atoms with E-state index in [1.165, 1.54) is 30.4 Å². The summed E-state index contributed by atoms with van der Waals surface area (Å²) in [5.41, 5.74) is 5.76. The first-order valence-electron chi connectivity index (χ1n) is 16.2. The van der Waals surface area contributed by atoms with Crippen molar-refractivity contribution in [1.82, 2.24) is 4.90 Å². The summed E-state index contributed by atoms with van der Waals surface area (Å²) in [6.45, 7) is 1.82. The summed E-state index contributed by atoms with van der Waals surface area (Å²) < 4.78 is 79.8. The smallest absolute Gasteiger partial charge is 0.389 e. The molecule has 2 aromatic carbocycles. The lowest BCUT2D eigenvalue weighted by atomic mass is 9.89. The zero-order valence-corrected chi connectivity index (χ0v) is 27.5. The third-order valence-corrected chi connectivity index (χ3v) is 10.3. The standard InChI is InChI=1S/C35H47F4NO5S/c1-45-34(42)19-23-40(22-6-7-24-46(43,44)25-9-20-35(37,38)39)21-5-3-2-4-11-33-31(27-13-15-29(36)16-14-27)12-8-10-28-26-30(41)17-18-32(28)33/h13-18,26,41H,2-12,19-25H2,1H3. The molecular weight excluding hydrogens is 622 g/mol. The zero-order chi connectivity index (χ0) is 33.6. The number of phenolic OH excluding ortho intramolecular Hbond substituents is 1. The second-order valence-corrected chi connectivity index (χ2v) is 14.4. The summed E-state index contributed by atoms with van der Waals surface area (Å²) in [5, 5.41) is 10.1. The zero-order valence-electron chi connectivity index (χ0n) is 26.7. The first-order chi connectivity index (χ1) is 21.9. The van der Waals surface area contributed by atoms with Gasteiger partial charge in [0, 0.05) is 13.0 Å². The van der Waals surface area contributed by atoms with E-state index >= 15 is 0 Å². The number of carbonyl (C=O) groups excluding carboxylic acids is 1. The Hall–Kier alpha value is -2.92. The van der Waals surface area contributed by atoms with E-state index in [0.717, 1.165) is 74.6 Å². The van der Waals surface area contributed by atoms with Crippen LogP contribution in [0.25, 0.3) is 11.1 Å². The minimum absolute atomic E-state index is 0.145. The second kappa shape index (κ2) is 18.4. The molecule has 0 radical (unpaired) electrons. The maximum absolute atomic E-state index is 13.7. The number of unbranched alkanes of at least 4 members (excludes halogenated alkanes) is 4. The number of phenols is 1. The number of ether oxygens (including phenoxy) is 1. The molecule has 3 rings (SSSR count). The van der Waals surface area contributed by atoms with Crippen LogP contribution in [-0.4, -0.2) is 68.8 Å². The predicted molar refractivity (Wildman–Crippen MR) is 174 cm³/mol. The predicted octanol–water partition coefficient (Wildman–Crippen LogP) is 8.13. The van der Waals surface area contributed by atoms with E-state index < -0.39 is 34.6 Å². The third kappa shape index (κ3) is 13.4. The number of carbonyl (C=O) groups is 1. The fraction of sp³-hybridized carbons (Fsp3) is 0.571. The van der Waals surface area contributed by atoms with E-state index in [1.807, 2.05) is 24.3 Å². The molecule has 0 saturated heterocycles. The van der Waals surface area contributed by atoms with Crippen LogP contribution in [0.15, 0.2) is 42.5 Å². The molecule has 0 aliphatic heterocycles. The fourth-order valence-corrected chi connectivity index (χ4v) is 7.47. The fourth-order valence-electron chi connectivity index (χ4n) is 6.04. The molecule has 0 heterocycles. The molecule has 2 aromatic rings. The number of aryl methyl sites for hydroxylation is 1. The summed E-state index contributed by atoms with van der Waals surface area (Å²) in [6, 6.07) is 12.2. The molecule has 0 saturated carbocycles. The van der Waals surface area contributed by atoms with Crippen LogP contribution < -0.4 is 0 Å². The Kier molecular flexibility index (Phi) is 15.0. The molecule has 6 nitrogen and oxygen atoms in total. The van der Waals surface area contributed by atoms with Crippen LogP contribution in [-0.2, 0) is 25.8 Å². The molecule has 0 aromatic heterocycles. The number of benzene rings is 2. The van der Waals surface area contributed by atoms with E-state index in [4.69, 9.17) is 4.74 Å². The first kappa shape index (κ1) is 37.5. The van der Waals surface area contributed by atoms with E-state index in [0.29, 0.717) is 25.9 Å². The van der Waals surface area contributed by atoms with Crippen molar-refractivity contribution in [2.24, 2.45) is 0 Å². The summed E-state index contributed by atoms with van der Waals surface area (Å²) in [6.07, 6.45) is 2.60. The lowest BCUT2D eigenvalue weighted by Crippen LogP contribution is -2.29. The van der Waals surface area contributed by atoms with Gasteiger partial charge in [0.2, 0.25) is 0 Å². The van der Waals surface area contributed by atoms with Crippen LogP contribution in [0.1, 0.15) is 93.7 Å². The molecule has 0 amide bonds. The number of sulfone groups is 1. The van der Waals surface area contributed by atoms with Crippen molar-refractivity contribution in [3.05, 3.63) is 65.0 Å². The van der Waals surface area contributed by atoms with Gasteiger partial charge in [-0.25, -0.2) is 12.8 Å². The molecule has 0 unspecified atom stereocenters. The average Bonchev–Trinajstić information content (AvgIpc) is 3.17. The van der Waals surface area contributed by atoms with E-state index in [1.54, 1.807) is 6.07 Å². The van der Waals surface area contributed by atoms with Crippen LogP contribution in [0.3, 0.4) is 0 Å². The van der Waals surface area contributed by atoms with Gasteiger partial charge in [0.15, 0.2) is 0 Å². The van der Waals surface area contributed by atoms with Crippen LogP contribution in [0.5, 0.6) is 5.75 Å². The summed E-state index contributed by atoms with van der Waals surface area (Å²) in [5.74, 6) is -0.944. The van der Waals surface area contributed by atoms with Gasteiger partial charge in [-0.05, 0) is 123 Å². The van der Waals surface area contributed by atoms with Crippen molar-refractivity contribution in [1.29, 1.82) is 0 Å². The molecule has 11 heteroatoms. The number of aromatic hydroxyl groups is 1. The summed E-state index contributed by atoms with van der Waals surface area (Å²) >= 11 is 0. The van der Waals surface area contributed by atoms with Crippen LogP contribution in [0.4, 0.5) is 17.6 Å². The highest BCUT2D eigenvalue weighted by molar-refractivity contribution is 7.91. The highest BCUT2D eigenvalue weighted by atomic mass is 32.2. The van der Waals surface area contributed by atoms with Crippen molar-refractivity contribution < 1.29 is 40.6 Å². The number of nitrogens with zero attached hydrogens (tertiary/aromatic N) is 1. The van der Waals surface area contributed by atoms with Crippen molar-refractivity contribution >= 4 is 27.0 Å². The molecule has 0 atom stereocenters. The maximum Gasteiger partial charge on any atom is 0.389 e. The van der Waals surface area contributed by atoms with Gasteiger partial charge in [0.05, 0.1) is 25.0 Å². The SMILES string of the molecule is COC(=O)CCN(CCCCCCC1=C(c2ccc(F)cc2)CCCc2cc(O)ccc21)CCCCS(=O)(=O)CCCC(F)(F)F. The van der Waals surface area contributed by atoms with Crippen molar-refractivity contribution in [3.63, 3.8) is 0 Å². The minimum Gasteiger partial charge on any atom is -0.508 e. The number of esters is 1. The quantitative estimate of drug-likeness (QED) is 0.0924. The van der Waals surface area contributed by atoms with Gasteiger partial charge in [-0.3, -0.25) is 4.79 Å². The van der Waals surface area contributed by atoms with Crippen molar-refractivity contribution in [2.45, 2.75) is 89.6 Å². The van der Waals surface area contributed by atoms with Crippen LogP contribution in [0.2, 0.25) is 0 Å². The summed E-state index contributed by atoms with van der Waals surface area (Å²) in [7, 11) is -2.20. The van der Waals surface area contributed by atoms with Crippen molar-refractivity contribution in [2.75, 3.05) is 38.2 Å². The first-order valence-corrected chi connectivity index (χ1v) is 18.1. The normalized spacial score (nSPS) is 14.0. The van der Waals surface area contributed by atoms with Crippen LogP contribution in [0, 0.1) is 5.82 Å². The third-order valence-electron chi connectivity index (χ3n) is 8.45. The van der Waals surface area contributed by atoms with Crippen LogP contribution >= 0.6 is 0 Å². The Morgan fingerprint density at radius 3 is 2.26 bits per heavy atom. The monoisotopic (exact) mass is 669 g/mol. The molecule has 46 heavy (non-hydrogen) atoms. The topological polar surface area (TPSA) is 83.9 Å². The van der Waals surface area contributed by atoms with E-state index in [-0.39, 0.29) is 29.7 Å². The number of methoxy groups -OCH3 is 1. The lowest BCUT2D eigenvalue weighted by molar-refractivity contribution is -0.141. The molecule has 0 fully saturated rings.